The van der Waals surface area contributed by atoms with Crippen LogP contribution in [0.2, 0.25) is 0 Å². The summed E-state index contributed by atoms with van der Waals surface area (Å²) in [5.74, 6) is -0.108. The van der Waals surface area contributed by atoms with Crippen molar-refractivity contribution < 1.29 is 14.3 Å². The minimum absolute atomic E-state index is 0.00693. The molecule has 3 aromatic rings. The third kappa shape index (κ3) is 8.52. The smallest absolute Gasteiger partial charge is 0.306 e. The van der Waals surface area contributed by atoms with E-state index in [1.165, 1.54) is 5.56 Å². The molecule has 218 valence electrons. The highest BCUT2D eigenvalue weighted by molar-refractivity contribution is 9.10. The van der Waals surface area contributed by atoms with Crippen molar-refractivity contribution in [3.8, 4) is 11.1 Å². The lowest BCUT2D eigenvalue weighted by Crippen LogP contribution is -2.45. The Labute approximate surface area is 253 Å². The average Bonchev–Trinajstić information content (AvgIpc) is 3.01. The van der Waals surface area contributed by atoms with Gasteiger partial charge in [0.25, 0.3) is 5.91 Å². The third-order valence-corrected chi connectivity index (χ3v) is 8.92. The van der Waals surface area contributed by atoms with Crippen LogP contribution in [0, 0.1) is 0 Å². The highest BCUT2D eigenvalue weighted by Crippen LogP contribution is 2.37. The van der Waals surface area contributed by atoms with E-state index in [1.807, 2.05) is 61.5 Å². The van der Waals surface area contributed by atoms with Gasteiger partial charge >= 0.3 is 5.97 Å². The zero-order valence-corrected chi connectivity index (χ0v) is 26.0. The number of carbonyl (C=O) groups excluding carboxylic acids is 2. The van der Waals surface area contributed by atoms with Crippen molar-refractivity contribution in [3.05, 3.63) is 94.5 Å². The van der Waals surface area contributed by atoms with Gasteiger partial charge in [-0.2, -0.15) is 0 Å². The van der Waals surface area contributed by atoms with Gasteiger partial charge in [-0.05, 0) is 80.0 Å². The van der Waals surface area contributed by atoms with Crippen LogP contribution in [0.3, 0.4) is 0 Å². The molecule has 41 heavy (non-hydrogen) atoms. The van der Waals surface area contributed by atoms with Crippen LogP contribution in [-0.2, 0) is 14.9 Å². The lowest BCUT2D eigenvalue weighted by Gasteiger charge is -2.35. The molecule has 0 bridgehead atoms. The number of nitrogens with one attached hydrogen (secondary N) is 1. The summed E-state index contributed by atoms with van der Waals surface area (Å²) in [7, 11) is 0. The summed E-state index contributed by atoms with van der Waals surface area (Å²) in [5.41, 5.74) is 3.71. The molecule has 1 fully saturated rings. The van der Waals surface area contributed by atoms with Crippen molar-refractivity contribution in [3.63, 3.8) is 0 Å². The molecule has 1 N–H and O–H groups in total. The Balaban J connectivity index is 1.30. The standard InChI is InChI=1S/C35H43BrN2O3/c1-3-25-41-33(39)26-35(4-2,28-11-6-5-7-12-28)21-10-22-38-23-19-30(20-24-38)37-34(40)32-14-9-8-13-31(32)27-15-17-29(36)18-16-27/h5-9,11-18,30H,3-4,10,19-26H2,1-2H3,(H,37,40). The maximum Gasteiger partial charge on any atom is 0.306 e. The molecule has 4 rings (SSSR count). The van der Waals surface area contributed by atoms with Gasteiger partial charge in [-0.3, -0.25) is 9.59 Å². The first-order valence-corrected chi connectivity index (χ1v) is 15.8. The second-order valence-electron chi connectivity index (χ2n) is 11.1. The number of esters is 1. The molecule has 1 atom stereocenters. The summed E-state index contributed by atoms with van der Waals surface area (Å²) in [6.07, 6.45) is 5.99. The van der Waals surface area contributed by atoms with E-state index in [2.05, 4.69) is 57.3 Å². The number of benzene rings is 3. The first-order valence-electron chi connectivity index (χ1n) is 15.0. The number of amides is 1. The first kappa shape index (κ1) is 31.0. The molecule has 1 amide bonds. The lowest BCUT2D eigenvalue weighted by molar-refractivity contribution is -0.145. The van der Waals surface area contributed by atoms with Crippen LogP contribution >= 0.6 is 15.9 Å². The SMILES string of the molecule is CCCOC(=O)CC(CC)(CCCN1CCC(NC(=O)c2ccccc2-c2ccc(Br)cc2)CC1)c1ccccc1. The Kier molecular flexibility index (Phi) is 11.6. The zero-order chi connectivity index (χ0) is 29.1. The molecular formula is C35H43BrN2O3. The van der Waals surface area contributed by atoms with Crippen LogP contribution in [0.4, 0.5) is 0 Å². The van der Waals surface area contributed by atoms with Crippen molar-refractivity contribution in [1.29, 1.82) is 0 Å². The number of piperidine rings is 1. The normalized spacial score (nSPS) is 15.7. The van der Waals surface area contributed by atoms with E-state index < -0.39 is 0 Å². The van der Waals surface area contributed by atoms with Crippen molar-refractivity contribution >= 4 is 27.8 Å². The van der Waals surface area contributed by atoms with Crippen LogP contribution in [-0.4, -0.2) is 49.1 Å². The highest BCUT2D eigenvalue weighted by atomic mass is 79.9. The van der Waals surface area contributed by atoms with Gasteiger partial charge in [0.1, 0.15) is 0 Å². The molecule has 0 aliphatic carbocycles. The zero-order valence-electron chi connectivity index (χ0n) is 24.4. The number of carbonyl (C=O) groups is 2. The Morgan fingerprint density at radius 2 is 1.63 bits per heavy atom. The molecule has 0 saturated carbocycles. The second kappa shape index (κ2) is 15.3. The van der Waals surface area contributed by atoms with E-state index in [4.69, 9.17) is 4.74 Å². The summed E-state index contributed by atoms with van der Waals surface area (Å²) in [6, 6.07) is 26.5. The molecule has 5 nitrogen and oxygen atoms in total. The fourth-order valence-electron chi connectivity index (χ4n) is 5.94. The predicted octanol–water partition coefficient (Wildman–Crippen LogP) is 7.78. The Morgan fingerprint density at radius 1 is 0.951 bits per heavy atom. The number of halogens is 1. The minimum Gasteiger partial charge on any atom is -0.466 e. The maximum absolute atomic E-state index is 13.3. The van der Waals surface area contributed by atoms with Gasteiger partial charge in [-0.1, -0.05) is 90.4 Å². The monoisotopic (exact) mass is 618 g/mol. The van der Waals surface area contributed by atoms with E-state index in [1.54, 1.807) is 0 Å². The summed E-state index contributed by atoms with van der Waals surface area (Å²) in [4.78, 5) is 28.5. The first-order chi connectivity index (χ1) is 19.9. The van der Waals surface area contributed by atoms with Gasteiger partial charge in [0.15, 0.2) is 0 Å². The number of ether oxygens (including phenoxy) is 1. The average molecular weight is 620 g/mol. The molecular weight excluding hydrogens is 576 g/mol. The van der Waals surface area contributed by atoms with Crippen LogP contribution in [0.25, 0.3) is 11.1 Å². The third-order valence-electron chi connectivity index (χ3n) is 8.39. The fourth-order valence-corrected chi connectivity index (χ4v) is 6.21. The van der Waals surface area contributed by atoms with E-state index in [0.717, 1.165) is 73.8 Å². The number of rotatable bonds is 13. The number of likely N-dealkylation sites (tertiary alicyclic amines) is 1. The summed E-state index contributed by atoms with van der Waals surface area (Å²) in [6.45, 7) is 7.60. The predicted molar refractivity (Wildman–Crippen MR) is 170 cm³/mol. The quantitative estimate of drug-likeness (QED) is 0.199. The van der Waals surface area contributed by atoms with E-state index in [9.17, 15) is 9.59 Å². The van der Waals surface area contributed by atoms with Crippen LogP contribution in [0.15, 0.2) is 83.3 Å². The lowest BCUT2D eigenvalue weighted by atomic mass is 9.72. The Bertz CT molecular complexity index is 1260. The maximum atomic E-state index is 13.3. The van der Waals surface area contributed by atoms with Crippen molar-refractivity contribution in [2.24, 2.45) is 0 Å². The molecule has 1 aliphatic heterocycles. The van der Waals surface area contributed by atoms with Crippen molar-refractivity contribution in [1.82, 2.24) is 10.2 Å². The molecule has 0 spiro atoms. The van der Waals surface area contributed by atoms with Crippen molar-refractivity contribution in [2.45, 2.75) is 70.3 Å². The van der Waals surface area contributed by atoms with Gasteiger partial charge in [-0.15, -0.1) is 0 Å². The summed E-state index contributed by atoms with van der Waals surface area (Å²) < 4.78 is 6.51. The number of hydrogen-bond acceptors (Lipinski definition) is 4. The Morgan fingerprint density at radius 3 is 2.32 bits per heavy atom. The minimum atomic E-state index is -0.208. The summed E-state index contributed by atoms with van der Waals surface area (Å²) >= 11 is 3.49. The molecule has 6 heteroatoms. The molecule has 1 aliphatic rings. The van der Waals surface area contributed by atoms with Gasteiger partial charge in [0.05, 0.1) is 13.0 Å². The van der Waals surface area contributed by atoms with Gasteiger partial charge < -0.3 is 15.0 Å². The fraction of sp³-hybridized carbons (Fsp3) is 0.429. The molecule has 1 unspecified atom stereocenters. The van der Waals surface area contributed by atoms with E-state index in [0.29, 0.717) is 18.6 Å². The van der Waals surface area contributed by atoms with Crippen LogP contribution < -0.4 is 5.32 Å². The van der Waals surface area contributed by atoms with Gasteiger partial charge in [0, 0.05) is 34.6 Å². The van der Waals surface area contributed by atoms with Crippen LogP contribution in [0.5, 0.6) is 0 Å². The highest BCUT2D eigenvalue weighted by Gasteiger charge is 2.33. The van der Waals surface area contributed by atoms with Crippen molar-refractivity contribution in [2.75, 3.05) is 26.2 Å². The van der Waals surface area contributed by atoms with E-state index in [-0.39, 0.29) is 23.3 Å². The number of nitrogens with zero attached hydrogens (tertiary/aromatic N) is 1. The Hall–Kier alpha value is -2.96. The van der Waals surface area contributed by atoms with Gasteiger partial charge in [-0.25, -0.2) is 0 Å². The topological polar surface area (TPSA) is 58.6 Å². The molecule has 0 aromatic heterocycles. The second-order valence-corrected chi connectivity index (χ2v) is 12.1. The number of hydrogen-bond donors (Lipinski definition) is 1. The summed E-state index contributed by atoms with van der Waals surface area (Å²) in [5, 5.41) is 3.30. The van der Waals surface area contributed by atoms with Gasteiger partial charge in [0.2, 0.25) is 0 Å². The molecule has 1 heterocycles. The molecule has 3 aromatic carbocycles. The molecule has 0 radical (unpaired) electrons. The van der Waals surface area contributed by atoms with Crippen LogP contribution in [0.1, 0.15) is 74.7 Å². The molecule has 1 saturated heterocycles. The van der Waals surface area contributed by atoms with E-state index >= 15 is 0 Å². The largest absolute Gasteiger partial charge is 0.466 e.